The van der Waals surface area contributed by atoms with E-state index in [9.17, 15) is 27.8 Å². The van der Waals surface area contributed by atoms with Gasteiger partial charge in [-0.3, -0.25) is 13.9 Å². The summed E-state index contributed by atoms with van der Waals surface area (Å²) in [5.41, 5.74) is -1.22. The molecule has 51 heavy (non-hydrogen) atoms. The molecule has 0 aliphatic carbocycles. The highest BCUT2D eigenvalue weighted by atomic mass is 32.2. The lowest BCUT2D eigenvalue weighted by Gasteiger charge is -2.36. The highest BCUT2D eigenvalue weighted by Crippen LogP contribution is 2.37. The largest absolute Gasteiger partial charge is 0.453 e. The molecular weight excluding hydrogens is 685 g/mol. The molecule has 0 unspecified atom stereocenters. The lowest BCUT2D eigenvalue weighted by molar-refractivity contribution is 0.0240. The molecule has 2 aromatic carbocycles. The Morgan fingerprint density at radius 2 is 1.69 bits per heavy atom. The average molecular weight is 722 g/mol. The number of carbonyl (C=O) groups is 1. The third-order valence-electron chi connectivity index (χ3n) is 8.28. The van der Waals surface area contributed by atoms with Gasteiger partial charge in [-0.05, 0) is 63.9 Å². The Morgan fingerprint density at radius 1 is 1.00 bits per heavy atom. The second-order valence-electron chi connectivity index (χ2n) is 13.0. The summed E-state index contributed by atoms with van der Waals surface area (Å²) in [6.07, 6.45) is 6.08. The van der Waals surface area contributed by atoms with Crippen LogP contribution in [0.2, 0.25) is 0 Å². The molecule has 268 valence electrons. The summed E-state index contributed by atoms with van der Waals surface area (Å²) in [7, 11) is -4.89. The number of carbonyl (C=O) groups excluding carboxylic acids is 1. The van der Waals surface area contributed by atoms with Crippen molar-refractivity contribution in [1.82, 2.24) is 29.4 Å². The minimum atomic E-state index is -4.89. The zero-order valence-electron chi connectivity index (χ0n) is 28.2. The SMILES string of the molecule is CC(C)(C)OC(=O)N1CCN(c2ncc(-n3cnc4ccc(Oc5c(F)ccc(N(N6CCCCC6)S(=O)(=O)O)c5C#N)cc4c3=O)cn2)CC1. The Balaban J connectivity index is 1.24. The van der Waals surface area contributed by atoms with Gasteiger partial charge < -0.3 is 19.3 Å². The number of ether oxygens (including phenoxy) is 2. The highest BCUT2D eigenvalue weighted by molar-refractivity contribution is 7.87. The topological polar surface area (TPSA) is 187 Å². The number of hydrogen-bond donors (Lipinski definition) is 1. The maximum atomic E-state index is 15.2. The van der Waals surface area contributed by atoms with E-state index in [1.807, 2.05) is 31.7 Å². The van der Waals surface area contributed by atoms with Gasteiger partial charge in [0.25, 0.3) is 5.56 Å². The molecule has 1 N–H and O–H groups in total. The number of benzene rings is 2. The van der Waals surface area contributed by atoms with Crippen LogP contribution >= 0.6 is 0 Å². The molecule has 0 spiro atoms. The van der Waals surface area contributed by atoms with Crippen molar-refractivity contribution in [2.45, 2.75) is 45.6 Å². The molecule has 4 heterocycles. The van der Waals surface area contributed by atoms with Gasteiger partial charge in [-0.15, -0.1) is 0 Å². The fraction of sp³-hybridized carbons (Fsp3) is 0.394. The van der Waals surface area contributed by atoms with Crippen molar-refractivity contribution >= 4 is 38.9 Å². The third-order valence-corrected chi connectivity index (χ3v) is 9.14. The number of piperidine rings is 1. The smallest absolute Gasteiger partial charge is 0.410 e. The molecular formula is C33H36FN9O7S. The van der Waals surface area contributed by atoms with Crippen LogP contribution in [0, 0.1) is 17.1 Å². The van der Waals surface area contributed by atoms with Crippen molar-refractivity contribution < 1.29 is 31.6 Å². The van der Waals surface area contributed by atoms with E-state index >= 15 is 4.39 Å². The quantitative estimate of drug-likeness (QED) is 0.270. The van der Waals surface area contributed by atoms with E-state index in [-0.39, 0.29) is 22.9 Å². The minimum absolute atomic E-state index is 0.0276. The average Bonchev–Trinajstić information content (AvgIpc) is 3.09. The second-order valence-corrected chi connectivity index (χ2v) is 14.3. The zero-order valence-corrected chi connectivity index (χ0v) is 29.0. The Labute approximate surface area is 293 Å². The van der Waals surface area contributed by atoms with Crippen LogP contribution in [0.1, 0.15) is 45.6 Å². The van der Waals surface area contributed by atoms with Gasteiger partial charge in [0.15, 0.2) is 11.6 Å². The summed E-state index contributed by atoms with van der Waals surface area (Å²) >= 11 is 0. The maximum absolute atomic E-state index is 15.2. The Hall–Kier alpha value is -5.38. The molecule has 1 amide bonds. The Bertz CT molecular complexity index is 2150. The highest BCUT2D eigenvalue weighted by Gasteiger charge is 2.33. The van der Waals surface area contributed by atoms with Gasteiger partial charge in [-0.25, -0.2) is 29.1 Å². The second kappa shape index (κ2) is 14.1. The first-order valence-corrected chi connectivity index (χ1v) is 17.6. The monoisotopic (exact) mass is 721 g/mol. The molecule has 2 saturated heterocycles. The number of hydrogen-bond acceptors (Lipinski definition) is 12. The molecule has 2 aromatic heterocycles. The van der Waals surface area contributed by atoms with Crippen LogP contribution in [0.4, 0.5) is 20.8 Å². The molecule has 2 aliphatic heterocycles. The lowest BCUT2D eigenvalue weighted by atomic mass is 10.1. The zero-order chi connectivity index (χ0) is 36.5. The number of amides is 1. The van der Waals surface area contributed by atoms with Gasteiger partial charge in [0.1, 0.15) is 29.3 Å². The van der Waals surface area contributed by atoms with Gasteiger partial charge in [0.2, 0.25) is 5.95 Å². The summed E-state index contributed by atoms with van der Waals surface area (Å²) in [6.45, 7) is 7.86. The van der Waals surface area contributed by atoms with E-state index in [0.717, 1.165) is 18.6 Å². The summed E-state index contributed by atoms with van der Waals surface area (Å²) in [4.78, 5) is 42.8. The Kier molecular flexibility index (Phi) is 9.79. The first-order valence-electron chi connectivity index (χ1n) is 16.2. The Morgan fingerprint density at radius 3 is 2.31 bits per heavy atom. The van der Waals surface area contributed by atoms with E-state index < -0.39 is 38.6 Å². The molecule has 0 radical (unpaired) electrons. The molecule has 4 aromatic rings. The fourth-order valence-corrected chi connectivity index (χ4v) is 6.74. The summed E-state index contributed by atoms with van der Waals surface area (Å²) in [6, 6.07) is 8.08. The number of nitriles is 1. The van der Waals surface area contributed by atoms with E-state index in [2.05, 4.69) is 15.0 Å². The van der Waals surface area contributed by atoms with Gasteiger partial charge in [0, 0.05) is 39.3 Å². The molecule has 0 bridgehead atoms. The molecule has 2 aliphatic rings. The maximum Gasteiger partial charge on any atom is 0.410 e. The van der Waals surface area contributed by atoms with Gasteiger partial charge in [0.05, 0.1) is 34.7 Å². The third kappa shape index (κ3) is 7.70. The van der Waals surface area contributed by atoms with Crippen molar-refractivity contribution in [3.63, 3.8) is 0 Å². The van der Waals surface area contributed by atoms with Crippen LogP contribution in [0.3, 0.4) is 0 Å². The van der Waals surface area contributed by atoms with Crippen LogP contribution in [0.5, 0.6) is 11.5 Å². The van der Waals surface area contributed by atoms with Crippen LogP contribution in [-0.4, -0.2) is 93.4 Å². The van der Waals surface area contributed by atoms with Crippen LogP contribution in [-0.2, 0) is 15.0 Å². The number of hydrazine groups is 1. The first-order chi connectivity index (χ1) is 24.2. The number of aromatic nitrogens is 4. The van der Waals surface area contributed by atoms with Gasteiger partial charge in [-0.2, -0.15) is 18.1 Å². The fourth-order valence-electron chi connectivity index (χ4n) is 5.88. The van der Waals surface area contributed by atoms with Crippen LogP contribution in [0.15, 0.2) is 53.8 Å². The molecule has 0 atom stereocenters. The normalized spacial score (nSPS) is 15.8. The van der Waals surface area contributed by atoms with Crippen LogP contribution < -0.4 is 19.6 Å². The first kappa shape index (κ1) is 35.4. The number of piperazine rings is 1. The van der Waals surface area contributed by atoms with Crippen molar-refractivity contribution in [3.8, 4) is 23.3 Å². The van der Waals surface area contributed by atoms with Gasteiger partial charge in [-0.1, -0.05) is 6.42 Å². The molecule has 2 fully saturated rings. The summed E-state index contributed by atoms with van der Waals surface area (Å²) in [5, 5.41) is 11.5. The molecule has 6 rings (SSSR count). The summed E-state index contributed by atoms with van der Waals surface area (Å²) < 4.78 is 63.4. The number of anilines is 2. The van der Waals surface area contributed by atoms with E-state index in [4.69, 9.17) is 9.47 Å². The molecule has 18 heteroatoms. The predicted molar refractivity (Wildman–Crippen MR) is 184 cm³/mol. The van der Waals surface area contributed by atoms with Crippen LogP contribution in [0.25, 0.3) is 16.6 Å². The number of halogens is 1. The van der Waals surface area contributed by atoms with Crippen molar-refractivity contribution in [1.29, 1.82) is 5.26 Å². The van der Waals surface area contributed by atoms with E-state index in [1.165, 1.54) is 46.5 Å². The van der Waals surface area contributed by atoms with Crippen molar-refractivity contribution in [3.05, 3.63) is 70.8 Å². The van der Waals surface area contributed by atoms with Crippen molar-refractivity contribution in [2.24, 2.45) is 0 Å². The van der Waals surface area contributed by atoms with Gasteiger partial charge >= 0.3 is 16.4 Å². The predicted octanol–water partition coefficient (Wildman–Crippen LogP) is 4.05. The number of nitrogens with zero attached hydrogens (tertiary/aromatic N) is 9. The number of fused-ring (bicyclic) bond motifs is 1. The number of rotatable bonds is 7. The molecule has 16 nitrogen and oxygen atoms in total. The lowest BCUT2D eigenvalue weighted by Crippen LogP contribution is -2.50. The molecule has 0 saturated carbocycles. The van der Waals surface area contributed by atoms with E-state index in [1.54, 1.807) is 4.90 Å². The van der Waals surface area contributed by atoms with Crippen molar-refractivity contribution in [2.75, 3.05) is 48.6 Å². The standard InChI is InChI=1S/C33H36FN9O7S/c1-33(2,3)50-32(45)40-15-13-39(14-16-40)31-36-19-22(20-37-31)42-21-38-27-9-7-23(17-24(27)30(42)44)49-29-25(18-35)28(10-8-26(29)34)43(51(46,47)48)41-11-5-4-6-12-41/h7-10,17,19-21H,4-6,11-16H2,1-3H3,(H,46,47,48). The van der Waals surface area contributed by atoms with E-state index in [0.29, 0.717) is 73.7 Å². The minimum Gasteiger partial charge on any atom is -0.453 e. The summed E-state index contributed by atoms with van der Waals surface area (Å²) in [5.74, 6) is -1.15.